The van der Waals surface area contributed by atoms with Gasteiger partial charge < -0.3 is 20.7 Å². The van der Waals surface area contributed by atoms with Gasteiger partial charge in [-0.2, -0.15) is 0 Å². The molecule has 0 heterocycles. The number of guanidine groups is 1. The maximum absolute atomic E-state index is 5.72. The molecular formula is C13H23IN4O. The standard InChI is InChI=1S/C13H22N4O.HI/c1-17(2)12-6-4-11(5-7-12)10-16-13(14)15-8-9-18-3;/h4-7H,8-10H2,1-3H3,(H3,14,15,16);1H. The normalized spacial score (nSPS) is 10.8. The number of methoxy groups -OCH3 is 1. The van der Waals surface area contributed by atoms with Gasteiger partial charge in [-0.1, -0.05) is 12.1 Å². The van der Waals surface area contributed by atoms with Crippen molar-refractivity contribution < 1.29 is 4.74 Å². The molecule has 0 aliphatic carbocycles. The van der Waals surface area contributed by atoms with Gasteiger partial charge in [0, 0.05) is 33.4 Å². The van der Waals surface area contributed by atoms with Crippen LogP contribution in [-0.4, -0.2) is 40.3 Å². The molecule has 1 aromatic rings. The zero-order valence-electron chi connectivity index (χ0n) is 11.7. The van der Waals surface area contributed by atoms with Crippen LogP contribution in [-0.2, 0) is 11.3 Å². The number of hydrogen-bond acceptors (Lipinski definition) is 3. The molecule has 3 N–H and O–H groups in total. The van der Waals surface area contributed by atoms with Crippen molar-refractivity contribution in [1.29, 1.82) is 0 Å². The van der Waals surface area contributed by atoms with Gasteiger partial charge in [-0.05, 0) is 17.7 Å². The Morgan fingerprint density at radius 3 is 2.47 bits per heavy atom. The Balaban J connectivity index is 0.00000324. The predicted molar refractivity (Wildman–Crippen MR) is 91.4 cm³/mol. The van der Waals surface area contributed by atoms with Gasteiger partial charge in [0.2, 0.25) is 0 Å². The number of rotatable bonds is 6. The molecule has 0 aromatic heterocycles. The second-order valence-corrected chi connectivity index (χ2v) is 4.18. The minimum absolute atomic E-state index is 0. The van der Waals surface area contributed by atoms with E-state index < -0.39 is 0 Å². The molecule has 0 aliphatic heterocycles. The molecule has 0 atom stereocenters. The molecule has 0 fully saturated rings. The second-order valence-electron chi connectivity index (χ2n) is 4.18. The molecular weight excluding hydrogens is 355 g/mol. The summed E-state index contributed by atoms with van der Waals surface area (Å²) in [5.41, 5.74) is 8.03. The minimum Gasteiger partial charge on any atom is -0.383 e. The van der Waals surface area contributed by atoms with Crippen LogP contribution in [0.1, 0.15) is 5.56 Å². The van der Waals surface area contributed by atoms with E-state index in [2.05, 4.69) is 39.5 Å². The zero-order chi connectivity index (χ0) is 13.4. The number of benzene rings is 1. The lowest BCUT2D eigenvalue weighted by atomic mass is 10.2. The summed E-state index contributed by atoms with van der Waals surface area (Å²) in [6, 6.07) is 8.25. The molecule has 0 amide bonds. The van der Waals surface area contributed by atoms with E-state index in [0.717, 1.165) is 5.56 Å². The van der Waals surface area contributed by atoms with Crippen LogP contribution >= 0.6 is 24.0 Å². The number of hydrogen-bond donors (Lipinski definition) is 2. The third kappa shape index (κ3) is 7.22. The maximum atomic E-state index is 5.72. The largest absolute Gasteiger partial charge is 0.383 e. The Bertz CT molecular complexity index is 379. The fourth-order valence-corrected chi connectivity index (χ4v) is 1.41. The smallest absolute Gasteiger partial charge is 0.188 e. The summed E-state index contributed by atoms with van der Waals surface area (Å²) < 4.78 is 4.91. The number of nitrogens with one attached hydrogen (secondary N) is 1. The van der Waals surface area contributed by atoms with Crippen molar-refractivity contribution in [3.63, 3.8) is 0 Å². The van der Waals surface area contributed by atoms with E-state index in [1.54, 1.807) is 7.11 Å². The molecule has 1 aromatic carbocycles. The van der Waals surface area contributed by atoms with Crippen molar-refractivity contribution in [3.05, 3.63) is 29.8 Å². The van der Waals surface area contributed by atoms with E-state index in [-0.39, 0.29) is 24.0 Å². The monoisotopic (exact) mass is 378 g/mol. The lowest BCUT2D eigenvalue weighted by molar-refractivity contribution is 0.204. The number of anilines is 1. The average molecular weight is 378 g/mol. The van der Waals surface area contributed by atoms with Crippen molar-refractivity contribution in [3.8, 4) is 0 Å². The van der Waals surface area contributed by atoms with Gasteiger partial charge >= 0.3 is 0 Å². The average Bonchev–Trinajstić information content (AvgIpc) is 2.37. The highest BCUT2D eigenvalue weighted by molar-refractivity contribution is 14.0. The van der Waals surface area contributed by atoms with Gasteiger partial charge in [-0.15, -0.1) is 24.0 Å². The van der Waals surface area contributed by atoms with Crippen molar-refractivity contribution in [1.82, 2.24) is 5.32 Å². The number of nitrogens with zero attached hydrogens (tertiary/aromatic N) is 2. The van der Waals surface area contributed by atoms with Crippen LogP contribution in [0.2, 0.25) is 0 Å². The van der Waals surface area contributed by atoms with E-state index in [9.17, 15) is 0 Å². The third-order valence-electron chi connectivity index (χ3n) is 2.50. The molecule has 6 heteroatoms. The molecule has 0 saturated heterocycles. The summed E-state index contributed by atoms with van der Waals surface area (Å²) in [5, 5.41) is 2.98. The minimum atomic E-state index is 0. The second kappa shape index (κ2) is 9.85. The van der Waals surface area contributed by atoms with E-state index in [0.29, 0.717) is 25.7 Å². The van der Waals surface area contributed by atoms with Crippen molar-refractivity contribution >= 4 is 35.6 Å². The number of ether oxygens (including phenoxy) is 1. The molecule has 108 valence electrons. The summed E-state index contributed by atoms with van der Waals surface area (Å²) in [4.78, 5) is 6.32. The van der Waals surface area contributed by atoms with Crippen molar-refractivity contribution in [2.45, 2.75) is 6.54 Å². The Hall–Kier alpha value is -1.02. The SMILES string of the molecule is COCCNC(N)=NCc1ccc(N(C)C)cc1.I. The first-order valence-corrected chi connectivity index (χ1v) is 5.92. The first-order chi connectivity index (χ1) is 8.63. The Kier molecular flexibility index (Phi) is 9.32. The van der Waals surface area contributed by atoms with Crippen LogP contribution in [0, 0.1) is 0 Å². The lowest BCUT2D eigenvalue weighted by Crippen LogP contribution is -2.34. The molecule has 1 rings (SSSR count). The molecule has 0 spiro atoms. The summed E-state index contributed by atoms with van der Waals surface area (Å²) in [7, 11) is 5.69. The van der Waals surface area contributed by atoms with Gasteiger partial charge in [0.15, 0.2) is 5.96 Å². The summed E-state index contributed by atoms with van der Waals surface area (Å²) in [6.45, 7) is 1.87. The fourth-order valence-electron chi connectivity index (χ4n) is 1.41. The zero-order valence-corrected chi connectivity index (χ0v) is 14.0. The van der Waals surface area contributed by atoms with Crippen molar-refractivity contribution in [2.24, 2.45) is 10.7 Å². The molecule has 0 radical (unpaired) electrons. The summed E-state index contributed by atoms with van der Waals surface area (Å²) in [6.07, 6.45) is 0. The van der Waals surface area contributed by atoms with E-state index in [4.69, 9.17) is 10.5 Å². The Morgan fingerprint density at radius 2 is 1.95 bits per heavy atom. The van der Waals surface area contributed by atoms with Gasteiger partial charge in [-0.3, -0.25) is 0 Å². The quantitative estimate of drug-likeness (QED) is 0.340. The van der Waals surface area contributed by atoms with Gasteiger partial charge in [-0.25, -0.2) is 4.99 Å². The molecule has 19 heavy (non-hydrogen) atoms. The Morgan fingerprint density at radius 1 is 1.32 bits per heavy atom. The van der Waals surface area contributed by atoms with Gasteiger partial charge in [0.1, 0.15) is 0 Å². The van der Waals surface area contributed by atoms with Crippen LogP contribution in [0.5, 0.6) is 0 Å². The fraction of sp³-hybridized carbons (Fsp3) is 0.462. The maximum Gasteiger partial charge on any atom is 0.188 e. The Labute approximate surface area is 132 Å². The first kappa shape index (κ1) is 18.0. The van der Waals surface area contributed by atoms with Crippen LogP contribution in [0.15, 0.2) is 29.3 Å². The van der Waals surface area contributed by atoms with Crippen LogP contribution < -0.4 is 16.0 Å². The van der Waals surface area contributed by atoms with Crippen molar-refractivity contribution in [2.75, 3.05) is 39.3 Å². The molecule has 0 unspecified atom stereocenters. The van der Waals surface area contributed by atoms with Gasteiger partial charge in [0.25, 0.3) is 0 Å². The lowest BCUT2D eigenvalue weighted by Gasteiger charge is -2.12. The molecule has 5 nitrogen and oxygen atoms in total. The van der Waals surface area contributed by atoms with Crippen LogP contribution in [0.25, 0.3) is 0 Å². The number of nitrogens with two attached hydrogens (primary N) is 1. The van der Waals surface area contributed by atoms with Crippen LogP contribution in [0.4, 0.5) is 5.69 Å². The number of halogens is 1. The summed E-state index contributed by atoms with van der Waals surface area (Å²) in [5.74, 6) is 0.448. The predicted octanol–water partition coefficient (Wildman–Crippen LogP) is 1.42. The highest BCUT2D eigenvalue weighted by atomic mass is 127. The van der Waals surface area contributed by atoms with E-state index >= 15 is 0 Å². The highest BCUT2D eigenvalue weighted by Crippen LogP contribution is 2.12. The van der Waals surface area contributed by atoms with Gasteiger partial charge in [0.05, 0.1) is 13.2 Å². The third-order valence-corrected chi connectivity index (χ3v) is 2.50. The first-order valence-electron chi connectivity index (χ1n) is 5.92. The van der Waals surface area contributed by atoms with E-state index in [1.807, 2.05) is 14.1 Å². The molecule has 0 saturated carbocycles. The topological polar surface area (TPSA) is 62.9 Å². The van der Waals surface area contributed by atoms with Crippen LogP contribution in [0.3, 0.4) is 0 Å². The molecule has 0 bridgehead atoms. The van der Waals surface area contributed by atoms with E-state index in [1.165, 1.54) is 5.69 Å². The number of aliphatic imine (C=N–C) groups is 1. The summed E-state index contributed by atoms with van der Waals surface area (Å²) >= 11 is 0. The highest BCUT2D eigenvalue weighted by Gasteiger charge is 1.96. The molecule has 0 aliphatic rings.